The molecule has 100 valence electrons. The van der Waals surface area contributed by atoms with Gasteiger partial charge in [-0.05, 0) is 32.6 Å². The number of ether oxygens (including phenoxy) is 2. The lowest BCUT2D eigenvalue weighted by Crippen LogP contribution is -2.35. The molecule has 0 radical (unpaired) electrons. The maximum absolute atomic E-state index is 12.1. The number of hydrogen-bond acceptors (Lipinski definition) is 4. The van der Waals surface area contributed by atoms with Gasteiger partial charge in [-0.3, -0.25) is 0 Å². The first-order chi connectivity index (χ1) is 8.42. The molecule has 1 aliphatic heterocycles. The second kappa shape index (κ2) is 4.75. The van der Waals surface area contributed by atoms with Gasteiger partial charge in [-0.15, -0.1) is 0 Å². The summed E-state index contributed by atoms with van der Waals surface area (Å²) in [6.07, 6.45) is 3.07. The Morgan fingerprint density at radius 1 is 1.33 bits per heavy atom. The van der Waals surface area contributed by atoms with Crippen molar-refractivity contribution in [3.63, 3.8) is 0 Å². The second-order valence-electron chi connectivity index (χ2n) is 5.85. The van der Waals surface area contributed by atoms with Crippen molar-refractivity contribution in [1.82, 2.24) is 0 Å². The standard InChI is InChI=1S/C14H20O4/c1-9-6-4-5-7-10(9)12(15)18-11-13(16)17-8-14(11,2)3/h11H,4-8H2,1-3H3/t11-/m0/s1. The van der Waals surface area contributed by atoms with Crippen LogP contribution in [0.25, 0.3) is 0 Å². The first-order valence-electron chi connectivity index (χ1n) is 6.48. The van der Waals surface area contributed by atoms with Gasteiger partial charge in [0.25, 0.3) is 0 Å². The van der Waals surface area contributed by atoms with E-state index in [-0.39, 0.29) is 5.97 Å². The zero-order valence-electron chi connectivity index (χ0n) is 11.2. The smallest absolute Gasteiger partial charge is 0.348 e. The first kappa shape index (κ1) is 13.1. The van der Waals surface area contributed by atoms with Crippen LogP contribution in [0.15, 0.2) is 11.1 Å². The molecule has 0 amide bonds. The van der Waals surface area contributed by atoms with Gasteiger partial charge in [-0.1, -0.05) is 19.4 Å². The van der Waals surface area contributed by atoms with Crippen LogP contribution in [0.1, 0.15) is 46.5 Å². The van der Waals surface area contributed by atoms with E-state index in [0.29, 0.717) is 6.61 Å². The molecule has 0 aromatic heterocycles. The molecule has 2 rings (SSSR count). The summed E-state index contributed by atoms with van der Waals surface area (Å²) in [6, 6.07) is 0. The summed E-state index contributed by atoms with van der Waals surface area (Å²) < 4.78 is 10.3. The van der Waals surface area contributed by atoms with Gasteiger partial charge in [-0.2, -0.15) is 0 Å². The molecule has 4 nitrogen and oxygen atoms in total. The summed E-state index contributed by atoms with van der Waals surface area (Å²) in [6.45, 7) is 6.02. The molecule has 0 N–H and O–H groups in total. The first-order valence-corrected chi connectivity index (χ1v) is 6.48. The Balaban J connectivity index is 2.10. The fourth-order valence-electron chi connectivity index (χ4n) is 2.45. The molecule has 0 spiro atoms. The highest BCUT2D eigenvalue weighted by Gasteiger charge is 2.46. The highest BCUT2D eigenvalue weighted by Crippen LogP contribution is 2.33. The maximum atomic E-state index is 12.1. The van der Waals surface area contributed by atoms with Crippen molar-refractivity contribution in [2.45, 2.75) is 52.6 Å². The number of allylic oxidation sites excluding steroid dienone is 1. The molecule has 0 aromatic carbocycles. The monoisotopic (exact) mass is 252 g/mol. The van der Waals surface area contributed by atoms with E-state index in [2.05, 4.69) is 0 Å². The van der Waals surface area contributed by atoms with Crippen LogP contribution >= 0.6 is 0 Å². The Labute approximate surface area is 107 Å². The highest BCUT2D eigenvalue weighted by atomic mass is 16.6. The van der Waals surface area contributed by atoms with Crippen molar-refractivity contribution in [2.75, 3.05) is 6.61 Å². The Morgan fingerprint density at radius 3 is 2.56 bits per heavy atom. The number of carbonyl (C=O) groups is 2. The summed E-state index contributed by atoms with van der Waals surface area (Å²) in [5.41, 5.74) is 1.41. The van der Waals surface area contributed by atoms with Crippen molar-refractivity contribution in [2.24, 2.45) is 5.41 Å². The van der Waals surface area contributed by atoms with Crippen molar-refractivity contribution in [1.29, 1.82) is 0 Å². The minimum atomic E-state index is -0.771. The summed E-state index contributed by atoms with van der Waals surface area (Å²) in [7, 11) is 0. The SMILES string of the molecule is CC1=C(C(=O)O[C@H]2C(=O)OCC2(C)C)CCCC1. The zero-order valence-corrected chi connectivity index (χ0v) is 11.2. The van der Waals surface area contributed by atoms with Gasteiger partial charge in [-0.25, -0.2) is 9.59 Å². The van der Waals surface area contributed by atoms with Crippen LogP contribution in [0.3, 0.4) is 0 Å². The van der Waals surface area contributed by atoms with Crippen LogP contribution in [0, 0.1) is 5.41 Å². The van der Waals surface area contributed by atoms with Gasteiger partial charge < -0.3 is 9.47 Å². The van der Waals surface area contributed by atoms with E-state index in [1.165, 1.54) is 0 Å². The molecule has 0 unspecified atom stereocenters. The number of hydrogen-bond donors (Lipinski definition) is 0. The maximum Gasteiger partial charge on any atom is 0.348 e. The second-order valence-corrected chi connectivity index (χ2v) is 5.85. The van der Waals surface area contributed by atoms with Crippen molar-refractivity contribution < 1.29 is 19.1 Å². The molecule has 18 heavy (non-hydrogen) atoms. The summed E-state index contributed by atoms with van der Waals surface area (Å²) in [5, 5.41) is 0. The summed E-state index contributed by atoms with van der Waals surface area (Å²) >= 11 is 0. The third kappa shape index (κ3) is 2.42. The zero-order chi connectivity index (χ0) is 13.3. The molecule has 1 saturated heterocycles. The van der Waals surface area contributed by atoms with E-state index in [1.54, 1.807) is 0 Å². The average molecular weight is 252 g/mol. The van der Waals surface area contributed by atoms with Crippen LogP contribution in [0.2, 0.25) is 0 Å². The molecule has 0 bridgehead atoms. The molecule has 2 aliphatic rings. The van der Waals surface area contributed by atoms with Crippen molar-refractivity contribution in [3.05, 3.63) is 11.1 Å². The summed E-state index contributed by atoms with van der Waals surface area (Å²) in [4.78, 5) is 23.7. The van der Waals surface area contributed by atoms with Gasteiger partial charge in [0.15, 0.2) is 0 Å². The largest absolute Gasteiger partial charge is 0.462 e. The number of esters is 2. The summed E-state index contributed by atoms with van der Waals surface area (Å²) in [5.74, 6) is -0.772. The third-order valence-corrected chi connectivity index (χ3v) is 3.73. The highest BCUT2D eigenvalue weighted by molar-refractivity contribution is 5.92. The molecule has 1 fully saturated rings. The quantitative estimate of drug-likeness (QED) is 0.708. The fraction of sp³-hybridized carbons (Fsp3) is 0.714. The predicted octanol–water partition coefficient (Wildman–Crippen LogP) is 2.37. The van der Waals surface area contributed by atoms with E-state index < -0.39 is 17.5 Å². The Morgan fingerprint density at radius 2 is 2.00 bits per heavy atom. The van der Waals surface area contributed by atoms with Crippen molar-refractivity contribution >= 4 is 11.9 Å². The molecular formula is C14H20O4. The molecule has 1 aliphatic carbocycles. The normalized spacial score (nSPS) is 27.1. The lowest BCUT2D eigenvalue weighted by Gasteiger charge is -2.23. The molecule has 1 atom stereocenters. The van der Waals surface area contributed by atoms with Gasteiger partial charge >= 0.3 is 11.9 Å². The molecule has 0 saturated carbocycles. The number of cyclic esters (lactones) is 1. The van der Waals surface area contributed by atoms with E-state index in [1.807, 2.05) is 20.8 Å². The lowest BCUT2D eigenvalue weighted by atomic mass is 9.89. The van der Waals surface area contributed by atoms with Crippen LogP contribution in [-0.4, -0.2) is 24.6 Å². The predicted molar refractivity (Wildman–Crippen MR) is 65.8 cm³/mol. The van der Waals surface area contributed by atoms with Gasteiger partial charge in [0.2, 0.25) is 6.10 Å². The number of carbonyl (C=O) groups excluding carboxylic acids is 2. The number of rotatable bonds is 2. The van der Waals surface area contributed by atoms with Crippen LogP contribution < -0.4 is 0 Å². The van der Waals surface area contributed by atoms with Crippen LogP contribution in [-0.2, 0) is 19.1 Å². The lowest BCUT2D eigenvalue weighted by molar-refractivity contribution is -0.160. The van der Waals surface area contributed by atoms with E-state index in [0.717, 1.165) is 36.8 Å². The van der Waals surface area contributed by atoms with Crippen LogP contribution in [0.5, 0.6) is 0 Å². The Bertz CT molecular complexity index is 406. The average Bonchev–Trinajstić information content (AvgIpc) is 2.56. The Hall–Kier alpha value is -1.32. The third-order valence-electron chi connectivity index (χ3n) is 3.73. The fourth-order valence-corrected chi connectivity index (χ4v) is 2.45. The van der Waals surface area contributed by atoms with Gasteiger partial charge in [0.05, 0.1) is 0 Å². The van der Waals surface area contributed by atoms with Crippen LogP contribution in [0.4, 0.5) is 0 Å². The molecular weight excluding hydrogens is 232 g/mol. The van der Waals surface area contributed by atoms with E-state index in [4.69, 9.17) is 9.47 Å². The topological polar surface area (TPSA) is 52.6 Å². The molecule has 1 heterocycles. The van der Waals surface area contributed by atoms with Crippen molar-refractivity contribution in [3.8, 4) is 0 Å². The minimum Gasteiger partial charge on any atom is -0.462 e. The minimum absolute atomic E-state index is 0.307. The van der Waals surface area contributed by atoms with E-state index in [9.17, 15) is 9.59 Å². The van der Waals surface area contributed by atoms with Gasteiger partial charge in [0, 0.05) is 11.0 Å². The van der Waals surface area contributed by atoms with Gasteiger partial charge in [0.1, 0.15) is 6.61 Å². The molecule has 0 aromatic rings. The molecule has 4 heteroatoms. The Kier molecular flexibility index (Phi) is 3.46. The van der Waals surface area contributed by atoms with E-state index >= 15 is 0 Å².